The molecule has 0 unspecified atom stereocenters. The monoisotopic (exact) mass is 473 g/mol. The number of carbonyl (C=O) groups excluding carboxylic acids is 1. The Kier molecular flexibility index (Phi) is 9.75. The molecule has 0 aliphatic rings. The number of amides is 2. The van der Waals surface area contributed by atoms with Crippen LogP contribution in [-0.4, -0.2) is 11.0 Å². The number of pyridine rings is 1. The van der Waals surface area contributed by atoms with E-state index in [-0.39, 0.29) is 62.1 Å². The van der Waals surface area contributed by atoms with Crippen molar-refractivity contribution in [1.29, 1.82) is 0 Å². The third-order valence-electron chi connectivity index (χ3n) is 3.88. The molecule has 0 saturated carbocycles. The van der Waals surface area contributed by atoms with Gasteiger partial charge in [0.2, 0.25) is 0 Å². The van der Waals surface area contributed by atoms with E-state index in [2.05, 4.69) is 26.5 Å². The molecule has 0 spiro atoms. The second-order valence-corrected chi connectivity index (χ2v) is 6.55. The molecular formula is C20H16ClF3KN5O. The minimum absolute atomic E-state index is 0. The van der Waals surface area contributed by atoms with Crippen LogP contribution in [0.3, 0.4) is 0 Å². The fraction of sp³-hybridized carbons (Fsp3) is 0.100. The fourth-order valence-corrected chi connectivity index (χ4v) is 2.59. The molecule has 0 atom stereocenters. The number of hydrogen-bond acceptors (Lipinski definition) is 3. The SMILES string of the molecule is O=C(Nc1ccc(N[N-]Cc2cccnc2)cc1)Nc1cc(C(F)(F)F)ccc1Cl.[K+]. The number of anilines is 3. The Balaban J connectivity index is 0.00000341. The van der Waals surface area contributed by atoms with Crippen LogP contribution < -0.4 is 67.4 Å². The molecule has 3 aromatic rings. The molecule has 156 valence electrons. The van der Waals surface area contributed by atoms with Crippen molar-refractivity contribution in [3.63, 3.8) is 0 Å². The van der Waals surface area contributed by atoms with Crippen LogP contribution in [0, 0.1) is 0 Å². The first-order chi connectivity index (χ1) is 14.3. The Morgan fingerprint density at radius 3 is 2.39 bits per heavy atom. The minimum Gasteiger partial charge on any atom is -0.567 e. The average molecular weight is 474 g/mol. The Bertz CT molecular complexity index is 1000. The van der Waals surface area contributed by atoms with Crippen LogP contribution in [0.2, 0.25) is 5.02 Å². The number of halogens is 4. The van der Waals surface area contributed by atoms with Crippen molar-refractivity contribution in [3.05, 3.63) is 88.6 Å². The molecule has 0 aliphatic carbocycles. The normalized spacial score (nSPS) is 10.7. The van der Waals surface area contributed by atoms with E-state index in [0.717, 1.165) is 23.8 Å². The Morgan fingerprint density at radius 2 is 1.74 bits per heavy atom. The Labute approximate surface area is 224 Å². The number of benzene rings is 2. The molecule has 2 aromatic carbocycles. The van der Waals surface area contributed by atoms with Gasteiger partial charge in [0.05, 0.1) is 16.3 Å². The first-order valence-electron chi connectivity index (χ1n) is 8.67. The van der Waals surface area contributed by atoms with E-state index in [4.69, 9.17) is 11.6 Å². The summed E-state index contributed by atoms with van der Waals surface area (Å²) in [5.74, 6) is 0. The summed E-state index contributed by atoms with van der Waals surface area (Å²) in [6, 6.07) is 12.3. The van der Waals surface area contributed by atoms with Gasteiger partial charge in [-0.15, -0.1) is 6.54 Å². The molecule has 11 heteroatoms. The van der Waals surface area contributed by atoms with Crippen LogP contribution in [0.1, 0.15) is 11.1 Å². The van der Waals surface area contributed by atoms with E-state index in [9.17, 15) is 18.0 Å². The van der Waals surface area contributed by atoms with Crippen molar-refractivity contribution in [2.75, 3.05) is 16.1 Å². The zero-order chi connectivity index (χ0) is 21.6. The average Bonchev–Trinajstić information content (AvgIpc) is 2.71. The molecular weight excluding hydrogens is 458 g/mol. The number of nitrogens with zero attached hydrogens (tertiary/aromatic N) is 2. The molecule has 3 rings (SSSR count). The predicted molar refractivity (Wildman–Crippen MR) is 110 cm³/mol. The second kappa shape index (κ2) is 11.8. The van der Waals surface area contributed by atoms with Gasteiger partial charge in [0.15, 0.2) is 0 Å². The molecule has 0 bridgehead atoms. The number of urea groups is 1. The van der Waals surface area contributed by atoms with E-state index in [0.29, 0.717) is 17.9 Å². The number of alkyl halides is 3. The van der Waals surface area contributed by atoms with Crippen LogP contribution in [0.25, 0.3) is 5.43 Å². The largest absolute Gasteiger partial charge is 1.00 e. The predicted octanol–water partition coefficient (Wildman–Crippen LogP) is 3.30. The number of nitrogens with one attached hydrogen (secondary N) is 3. The second-order valence-electron chi connectivity index (χ2n) is 6.14. The molecule has 3 N–H and O–H groups in total. The zero-order valence-electron chi connectivity index (χ0n) is 16.4. The van der Waals surface area contributed by atoms with Crippen LogP contribution in [0.15, 0.2) is 67.0 Å². The van der Waals surface area contributed by atoms with Gasteiger partial charge in [-0.05, 0) is 54.1 Å². The van der Waals surface area contributed by atoms with E-state index in [1.807, 2.05) is 12.1 Å². The maximum atomic E-state index is 12.8. The molecule has 0 radical (unpaired) electrons. The molecule has 2 amide bonds. The van der Waals surface area contributed by atoms with Gasteiger partial charge in [-0.1, -0.05) is 17.7 Å². The van der Waals surface area contributed by atoms with E-state index in [1.165, 1.54) is 0 Å². The van der Waals surface area contributed by atoms with Crippen molar-refractivity contribution in [1.82, 2.24) is 4.98 Å². The van der Waals surface area contributed by atoms with Crippen molar-refractivity contribution in [2.45, 2.75) is 12.7 Å². The Hall–Kier alpha value is -1.66. The molecule has 6 nitrogen and oxygen atoms in total. The van der Waals surface area contributed by atoms with E-state index >= 15 is 0 Å². The first kappa shape index (κ1) is 25.6. The van der Waals surface area contributed by atoms with Gasteiger partial charge in [-0.2, -0.15) is 13.2 Å². The van der Waals surface area contributed by atoms with Crippen molar-refractivity contribution < 1.29 is 69.4 Å². The van der Waals surface area contributed by atoms with Crippen molar-refractivity contribution in [3.8, 4) is 0 Å². The summed E-state index contributed by atoms with van der Waals surface area (Å²) >= 11 is 5.87. The van der Waals surface area contributed by atoms with Gasteiger partial charge in [-0.3, -0.25) is 4.98 Å². The van der Waals surface area contributed by atoms with Gasteiger partial charge in [0.25, 0.3) is 0 Å². The van der Waals surface area contributed by atoms with Gasteiger partial charge in [-0.25, -0.2) is 4.79 Å². The van der Waals surface area contributed by atoms with Crippen LogP contribution in [-0.2, 0) is 12.7 Å². The molecule has 1 aromatic heterocycles. The standard InChI is InChI=1S/C20H16ClF3N5O.K/c21-17-8-3-14(20(22,23)24)10-18(17)28-19(30)27-15-4-6-16(7-5-15)29-26-12-13-2-1-9-25-11-13;/h1-11,29H,12H2,(H2,27,28,30);/q-1;+1. The smallest absolute Gasteiger partial charge is 0.567 e. The van der Waals surface area contributed by atoms with E-state index < -0.39 is 17.8 Å². The number of hydrogen-bond donors (Lipinski definition) is 3. The van der Waals surface area contributed by atoms with Gasteiger partial charge in [0.1, 0.15) is 0 Å². The molecule has 0 saturated heterocycles. The topological polar surface area (TPSA) is 80.2 Å². The molecule has 1 heterocycles. The summed E-state index contributed by atoms with van der Waals surface area (Å²) in [7, 11) is 0. The maximum absolute atomic E-state index is 12.8. The van der Waals surface area contributed by atoms with Crippen LogP contribution in [0.5, 0.6) is 0 Å². The summed E-state index contributed by atoms with van der Waals surface area (Å²) in [4.78, 5) is 16.1. The summed E-state index contributed by atoms with van der Waals surface area (Å²) in [5.41, 5.74) is 8.12. The summed E-state index contributed by atoms with van der Waals surface area (Å²) in [6.07, 6.45) is -1.14. The van der Waals surface area contributed by atoms with Gasteiger partial charge >= 0.3 is 63.6 Å². The van der Waals surface area contributed by atoms with E-state index in [1.54, 1.807) is 36.7 Å². The van der Waals surface area contributed by atoms with Crippen LogP contribution in [0.4, 0.5) is 35.0 Å². The zero-order valence-corrected chi connectivity index (χ0v) is 20.3. The molecule has 0 fully saturated rings. The van der Waals surface area contributed by atoms with Gasteiger partial charge in [0, 0.05) is 23.8 Å². The summed E-state index contributed by atoms with van der Waals surface area (Å²) < 4.78 is 38.5. The number of carbonyl (C=O) groups is 1. The van der Waals surface area contributed by atoms with Gasteiger partial charge < -0.3 is 21.5 Å². The van der Waals surface area contributed by atoms with Crippen molar-refractivity contribution in [2.24, 2.45) is 0 Å². The minimum atomic E-state index is -4.54. The molecule has 31 heavy (non-hydrogen) atoms. The van der Waals surface area contributed by atoms with Crippen LogP contribution >= 0.6 is 11.6 Å². The van der Waals surface area contributed by atoms with Crippen molar-refractivity contribution >= 4 is 34.7 Å². The summed E-state index contributed by atoms with van der Waals surface area (Å²) in [6.45, 7) is 0.438. The third-order valence-corrected chi connectivity index (χ3v) is 4.21. The fourth-order valence-electron chi connectivity index (χ4n) is 2.42. The summed E-state index contributed by atoms with van der Waals surface area (Å²) in [5, 5.41) is 4.84. The maximum Gasteiger partial charge on any atom is 1.00 e. The number of aromatic nitrogens is 1. The quantitative estimate of drug-likeness (QED) is 0.379. The Morgan fingerprint density at radius 1 is 1.03 bits per heavy atom. The third kappa shape index (κ3) is 8.07. The molecule has 0 aliphatic heterocycles. The first-order valence-corrected chi connectivity index (χ1v) is 9.05. The number of rotatable bonds is 6.